The van der Waals surface area contributed by atoms with Gasteiger partial charge in [0.1, 0.15) is 5.82 Å². The van der Waals surface area contributed by atoms with E-state index in [1.807, 2.05) is 17.9 Å². The SMILES string of the molecule is CCCNC(Cc1c(C)nn(C)c1C)c1nccn1CC. The van der Waals surface area contributed by atoms with Gasteiger partial charge in [0.05, 0.1) is 11.7 Å². The normalized spacial score (nSPS) is 12.8. The fraction of sp³-hybridized carbons (Fsp3) is 0.625. The van der Waals surface area contributed by atoms with E-state index in [4.69, 9.17) is 0 Å². The van der Waals surface area contributed by atoms with Crippen molar-refractivity contribution in [2.45, 2.75) is 53.1 Å². The largest absolute Gasteiger partial charge is 0.334 e. The van der Waals surface area contributed by atoms with Crippen molar-refractivity contribution in [2.24, 2.45) is 7.05 Å². The van der Waals surface area contributed by atoms with Crippen LogP contribution in [0.5, 0.6) is 0 Å². The number of nitrogens with one attached hydrogen (secondary N) is 1. The first-order valence-electron chi connectivity index (χ1n) is 7.81. The highest BCUT2D eigenvalue weighted by Crippen LogP contribution is 2.22. The fourth-order valence-electron chi connectivity index (χ4n) is 2.79. The van der Waals surface area contributed by atoms with E-state index in [0.717, 1.165) is 37.4 Å². The summed E-state index contributed by atoms with van der Waals surface area (Å²) in [6, 6.07) is 0.237. The lowest BCUT2D eigenvalue weighted by Gasteiger charge is -2.19. The molecule has 0 bridgehead atoms. The highest BCUT2D eigenvalue weighted by molar-refractivity contribution is 5.26. The molecule has 0 radical (unpaired) electrons. The second-order valence-corrected chi connectivity index (χ2v) is 5.56. The predicted octanol–water partition coefficient (Wildman–Crippen LogP) is 2.54. The topological polar surface area (TPSA) is 47.7 Å². The van der Waals surface area contributed by atoms with Crippen LogP contribution < -0.4 is 5.32 Å². The van der Waals surface area contributed by atoms with Gasteiger partial charge in [-0.1, -0.05) is 6.92 Å². The van der Waals surface area contributed by atoms with Gasteiger partial charge in [0.25, 0.3) is 0 Å². The van der Waals surface area contributed by atoms with Crippen molar-refractivity contribution in [2.75, 3.05) is 6.54 Å². The summed E-state index contributed by atoms with van der Waals surface area (Å²) in [5, 5.41) is 8.17. The molecule has 0 aromatic carbocycles. The lowest BCUT2D eigenvalue weighted by molar-refractivity contribution is 0.481. The maximum absolute atomic E-state index is 4.58. The maximum Gasteiger partial charge on any atom is 0.126 e. The van der Waals surface area contributed by atoms with E-state index in [9.17, 15) is 0 Å². The average molecular weight is 289 g/mol. The van der Waals surface area contributed by atoms with E-state index >= 15 is 0 Å². The van der Waals surface area contributed by atoms with Crippen LogP contribution in [0.25, 0.3) is 0 Å². The summed E-state index contributed by atoms with van der Waals surface area (Å²) in [5.74, 6) is 1.12. The van der Waals surface area contributed by atoms with Gasteiger partial charge in [-0.15, -0.1) is 0 Å². The van der Waals surface area contributed by atoms with E-state index in [2.05, 4.69) is 53.9 Å². The number of aryl methyl sites for hydroxylation is 3. The average Bonchev–Trinajstić information content (AvgIpc) is 3.02. The molecule has 0 aliphatic heterocycles. The first kappa shape index (κ1) is 15.8. The zero-order valence-corrected chi connectivity index (χ0v) is 13.8. The molecule has 0 fully saturated rings. The summed E-state index contributed by atoms with van der Waals surface area (Å²) in [6.45, 7) is 10.5. The molecule has 0 amide bonds. The van der Waals surface area contributed by atoms with Gasteiger partial charge in [-0.05, 0) is 45.7 Å². The molecule has 116 valence electrons. The first-order valence-corrected chi connectivity index (χ1v) is 7.81. The van der Waals surface area contributed by atoms with Crippen molar-refractivity contribution < 1.29 is 0 Å². The van der Waals surface area contributed by atoms with Gasteiger partial charge in [0.15, 0.2) is 0 Å². The van der Waals surface area contributed by atoms with Gasteiger partial charge < -0.3 is 9.88 Å². The minimum atomic E-state index is 0.237. The Morgan fingerprint density at radius 3 is 2.62 bits per heavy atom. The van der Waals surface area contributed by atoms with Crippen LogP contribution >= 0.6 is 0 Å². The third kappa shape index (κ3) is 3.35. The Balaban J connectivity index is 2.28. The molecule has 0 spiro atoms. The molecule has 1 N–H and O–H groups in total. The molecular weight excluding hydrogens is 262 g/mol. The van der Waals surface area contributed by atoms with Crippen LogP contribution in [-0.2, 0) is 20.0 Å². The highest BCUT2D eigenvalue weighted by Gasteiger charge is 2.20. The van der Waals surface area contributed by atoms with Crippen LogP contribution in [0, 0.1) is 13.8 Å². The Kier molecular flexibility index (Phi) is 5.17. The third-order valence-electron chi connectivity index (χ3n) is 4.11. The summed E-state index contributed by atoms with van der Waals surface area (Å²) in [7, 11) is 2.01. The van der Waals surface area contributed by atoms with Crippen molar-refractivity contribution in [3.63, 3.8) is 0 Å². The third-order valence-corrected chi connectivity index (χ3v) is 4.11. The fourth-order valence-corrected chi connectivity index (χ4v) is 2.79. The minimum absolute atomic E-state index is 0.237. The van der Waals surface area contributed by atoms with Crippen molar-refractivity contribution >= 4 is 0 Å². The molecule has 2 rings (SSSR count). The summed E-state index contributed by atoms with van der Waals surface area (Å²) >= 11 is 0. The van der Waals surface area contributed by atoms with Crippen LogP contribution in [-0.4, -0.2) is 25.9 Å². The lowest BCUT2D eigenvalue weighted by Crippen LogP contribution is -2.27. The smallest absolute Gasteiger partial charge is 0.126 e. The molecule has 0 saturated heterocycles. The lowest BCUT2D eigenvalue weighted by atomic mass is 10.0. The Hall–Kier alpha value is -1.62. The molecule has 2 aromatic rings. The highest BCUT2D eigenvalue weighted by atomic mass is 15.3. The monoisotopic (exact) mass is 289 g/mol. The van der Waals surface area contributed by atoms with Gasteiger partial charge in [-0.2, -0.15) is 5.10 Å². The molecule has 0 aliphatic rings. The second-order valence-electron chi connectivity index (χ2n) is 5.56. The van der Waals surface area contributed by atoms with Gasteiger partial charge in [-0.3, -0.25) is 4.68 Å². The summed E-state index contributed by atoms with van der Waals surface area (Å²) < 4.78 is 4.18. The van der Waals surface area contributed by atoms with Gasteiger partial charge in [0, 0.05) is 31.7 Å². The molecular formula is C16H27N5. The van der Waals surface area contributed by atoms with E-state index in [-0.39, 0.29) is 6.04 Å². The van der Waals surface area contributed by atoms with Crippen LogP contribution in [0.1, 0.15) is 49.1 Å². The van der Waals surface area contributed by atoms with Gasteiger partial charge in [-0.25, -0.2) is 4.98 Å². The molecule has 1 atom stereocenters. The Bertz CT molecular complexity index is 582. The van der Waals surface area contributed by atoms with E-state index in [1.165, 1.54) is 11.3 Å². The Morgan fingerprint density at radius 2 is 2.05 bits per heavy atom. The number of aromatic nitrogens is 4. The number of hydrogen-bond donors (Lipinski definition) is 1. The van der Waals surface area contributed by atoms with Crippen molar-refractivity contribution in [1.29, 1.82) is 0 Å². The molecule has 1 unspecified atom stereocenters. The zero-order chi connectivity index (χ0) is 15.4. The van der Waals surface area contributed by atoms with Gasteiger partial charge >= 0.3 is 0 Å². The number of imidazole rings is 1. The van der Waals surface area contributed by atoms with Crippen LogP contribution in [0.3, 0.4) is 0 Å². The maximum atomic E-state index is 4.58. The summed E-state index contributed by atoms with van der Waals surface area (Å²) in [6.07, 6.45) is 6.00. The van der Waals surface area contributed by atoms with Crippen molar-refractivity contribution in [1.82, 2.24) is 24.6 Å². The summed E-state index contributed by atoms with van der Waals surface area (Å²) in [4.78, 5) is 4.58. The number of hydrogen-bond acceptors (Lipinski definition) is 3. The number of rotatable bonds is 7. The van der Waals surface area contributed by atoms with Crippen LogP contribution in [0.15, 0.2) is 12.4 Å². The predicted molar refractivity (Wildman–Crippen MR) is 85.3 cm³/mol. The Labute approximate surface area is 127 Å². The minimum Gasteiger partial charge on any atom is -0.334 e. The molecule has 2 aromatic heterocycles. The van der Waals surface area contributed by atoms with E-state index in [0.29, 0.717) is 0 Å². The molecule has 2 heterocycles. The molecule has 5 heteroatoms. The second kappa shape index (κ2) is 6.89. The van der Waals surface area contributed by atoms with E-state index in [1.54, 1.807) is 0 Å². The van der Waals surface area contributed by atoms with Crippen LogP contribution in [0.2, 0.25) is 0 Å². The summed E-state index contributed by atoms with van der Waals surface area (Å²) in [5.41, 5.74) is 3.69. The molecule has 21 heavy (non-hydrogen) atoms. The van der Waals surface area contributed by atoms with Crippen LogP contribution in [0.4, 0.5) is 0 Å². The zero-order valence-electron chi connectivity index (χ0n) is 13.8. The molecule has 0 saturated carbocycles. The number of nitrogens with zero attached hydrogens (tertiary/aromatic N) is 4. The quantitative estimate of drug-likeness (QED) is 0.852. The standard InChI is InChI=1S/C16H27N5/c1-6-8-17-15(16-18-9-10-21(16)7-2)11-14-12(3)19-20(5)13(14)4/h9-10,15,17H,6-8,11H2,1-5H3. The molecule has 0 aliphatic carbocycles. The Morgan fingerprint density at radius 1 is 1.29 bits per heavy atom. The molecule has 5 nitrogen and oxygen atoms in total. The van der Waals surface area contributed by atoms with Gasteiger partial charge in [0.2, 0.25) is 0 Å². The van der Waals surface area contributed by atoms with Crippen molar-refractivity contribution in [3.05, 3.63) is 35.2 Å². The van der Waals surface area contributed by atoms with Crippen molar-refractivity contribution in [3.8, 4) is 0 Å². The van der Waals surface area contributed by atoms with E-state index < -0.39 is 0 Å². The first-order chi connectivity index (χ1) is 10.1.